The molecule has 4 nitrogen and oxygen atoms in total. The Balaban J connectivity index is 1.52. The second kappa shape index (κ2) is 7.60. The van der Waals surface area contributed by atoms with Crippen LogP contribution in [0.5, 0.6) is 5.75 Å². The summed E-state index contributed by atoms with van der Waals surface area (Å²) in [6.45, 7) is 3.15. The van der Waals surface area contributed by atoms with Gasteiger partial charge in [0.15, 0.2) is 5.15 Å². The molecule has 4 rings (SSSR count). The molecule has 0 amide bonds. The van der Waals surface area contributed by atoms with Gasteiger partial charge in [0.25, 0.3) is 0 Å². The highest BCUT2D eigenvalue weighted by Crippen LogP contribution is 2.35. The molecule has 1 aliphatic rings. The van der Waals surface area contributed by atoms with Crippen molar-refractivity contribution in [2.24, 2.45) is 0 Å². The first-order valence-corrected chi connectivity index (χ1v) is 9.38. The molecular weight excluding hydrogens is 346 g/mol. The second-order valence-electron chi connectivity index (χ2n) is 6.82. The van der Waals surface area contributed by atoms with E-state index in [0.29, 0.717) is 11.1 Å². The Labute approximate surface area is 158 Å². The summed E-state index contributed by atoms with van der Waals surface area (Å²) in [4.78, 5) is 2.51. The van der Waals surface area contributed by atoms with Crippen LogP contribution in [-0.4, -0.2) is 35.3 Å². The Morgan fingerprint density at radius 1 is 1.04 bits per heavy atom. The van der Waals surface area contributed by atoms with Crippen LogP contribution in [0.15, 0.2) is 48.5 Å². The minimum absolute atomic E-state index is 0.419. The van der Waals surface area contributed by atoms with E-state index in [1.807, 2.05) is 12.1 Å². The summed E-state index contributed by atoms with van der Waals surface area (Å²) in [5, 5.41) is 11.1. The van der Waals surface area contributed by atoms with Gasteiger partial charge in [-0.25, -0.2) is 0 Å². The Bertz CT molecular complexity index is 892. The molecule has 1 saturated heterocycles. The molecule has 1 aliphatic heterocycles. The highest BCUT2D eigenvalue weighted by molar-refractivity contribution is 6.34. The molecule has 134 valence electrons. The maximum absolute atomic E-state index is 6.27. The lowest BCUT2D eigenvalue weighted by atomic mass is 9.90. The molecule has 0 saturated carbocycles. The summed E-state index contributed by atoms with van der Waals surface area (Å²) in [6.07, 6.45) is 2.18. The predicted octanol–water partition coefficient (Wildman–Crippen LogP) is 4.67. The van der Waals surface area contributed by atoms with Gasteiger partial charge in [0.1, 0.15) is 5.75 Å². The number of hydrogen-bond donors (Lipinski definition) is 0. The van der Waals surface area contributed by atoms with Crippen molar-refractivity contribution in [2.75, 3.05) is 20.2 Å². The summed E-state index contributed by atoms with van der Waals surface area (Å²) in [7, 11) is 1.66. The van der Waals surface area contributed by atoms with Crippen molar-refractivity contribution < 1.29 is 4.74 Å². The minimum Gasteiger partial charge on any atom is -0.497 e. The number of piperidine rings is 1. The first-order valence-electron chi connectivity index (χ1n) is 9.00. The number of aromatic nitrogens is 2. The molecular formula is C21H22ClN3O. The van der Waals surface area contributed by atoms with Crippen LogP contribution in [0.2, 0.25) is 5.15 Å². The van der Waals surface area contributed by atoms with E-state index >= 15 is 0 Å². The van der Waals surface area contributed by atoms with E-state index in [0.717, 1.165) is 54.7 Å². The van der Waals surface area contributed by atoms with E-state index in [2.05, 4.69) is 51.5 Å². The van der Waals surface area contributed by atoms with Crippen molar-refractivity contribution in [1.82, 2.24) is 15.1 Å². The molecule has 2 aromatic carbocycles. The molecule has 5 heteroatoms. The molecule has 2 heterocycles. The summed E-state index contributed by atoms with van der Waals surface area (Å²) >= 11 is 6.27. The lowest BCUT2D eigenvalue weighted by Crippen LogP contribution is -2.32. The third-order valence-electron chi connectivity index (χ3n) is 5.19. The maximum Gasteiger partial charge on any atom is 0.159 e. The molecule has 0 atom stereocenters. The van der Waals surface area contributed by atoms with Crippen LogP contribution in [0.3, 0.4) is 0 Å². The largest absolute Gasteiger partial charge is 0.497 e. The number of likely N-dealkylation sites (tertiary alicyclic amines) is 1. The number of rotatable bonds is 4. The Kier molecular flexibility index (Phi) is 5.05. The average Bonchev–Trinajstić information content (AvgIpc) is 2.70. The van der Waals surface area contributed by atoms with Crippen LogP contribution in [0.25, 0.3) is 10.8 Å². The second-order valence-corrected chi connectivity index (χ2v) is 7.18. The topological polar surface area (TPSA) is 38.2 Å². The molecule has 0 bridgehead atoms. The molecule has 1 fully saturated rings. The van der Waals surface area contributed by atoms with Crippen molar-refractivity contribution in [1.29, 1.82) is 0 Å². The Hall–Kier alpha value is -2.17. The van der Waals surface area contributed by atoms with Crippen molar-refractivity contribution in [3.8, 4) is 5.75 Å². The van der Waals surface area contributed by atoms with Crippen molar-refractivity contribution in [2.45, 2.75) is 25.3 Å². The molecule has 0 unspecified atom stereocenters. The monoisotopic (exact) mass is 367 g/mol. The lowest BCUT2D eigenvalue weighted by molar-refractivity contribution is 0.203. The van der Waals surface area contributed by atoms with E-state index in [1.54, 1.807) is 7.11 Å². The molecule has 0 spiro atoms. The van der Waals surface area contributed by atoms with Gasteiger partial charge in [-0.2, -0.15) is 5.10 Å². The van der Waals surface area contributed by atoms with Crippen LogP contribution >= 0.6 is 11.6 Å². The quantitative estimate of drug-likeness (QED) is 0.671. The van der Waals surface area contributed by atoms with Crippen LogP contribution in [0.1, 0.15) is 30.0 Å². The molecule has 0 aliphatic carbocycles. The zero-order chi connectivity index (χ0) is 17.9. The van der Waals surface area contributed by atoms with E-state index in [4.69, 9.17) is 16.3 Å². The number of halogens is 1. The fourth-order valence-corrected chi connectivity index (χ4v) is 3.95. The molecule has 1 aromatic heterocycles. The summed E-state index contributed by atoms with van der Waals surface area (Å²) in [6, 6.07) is 16.6. The van der Waals surface area contributed by atoms with Crippen LogP contribution in [0, 0.1) is 0 Å². The predicted molar refractivity (Wildman–Crippen MR) is 105 cm³/mol. The van der Waals surface area contributed by atoms with Gasteiger partial charge in [0, 0.05) is 23.2 Å². The van der Waals surface area contributed by atoms with E-state index in [1.165, 1.54) is 5.56 Å². The zero-order valence-electron chi connectivity index (χ0n) is 14.9. The molecule has 0 radical (unpaired) electrons. The van der Waals surface area contributed by atoms with E-state index < -0.39 is 0 Å². The summed E-state index contributed by atoms with van der Waals surface area (Å²) in [5.41, 5.74) is 2.43. The van der Waals surface area contributed by atoms with Gasteiger partial charge >= 0.3 is 0 Å². The van der Waals surface area contributed by atoms with Crippen molar-refractivity contribution in [3.05, 3.63) is 64.9 Å². The normalized spacial score (nSPS) is 16.1. The number of methoxy groups -OCH3 is 1. The number of ether oxygens (including phenoxy) is 1. The number of benzene rings is 2. The fraction of sp³-hybridized carbons (Fsp3) is 0.333. The number of fused-ring (bicyclic) bond motifs is 1. The average molecular weight is 368 g/mol. The fourth-order valence-electron chi connectivity index (χ4n) is 3.76. The number of hydrogen-bond acceptors (Lipinski definition) is 4. The standard InChI is InChI=1S/C21H22ClN3O/c1-26-17-7-8-18-19(13-17)21(22)24-23-20(18)16-9-11-25(12-10-16)14-15-5-3-2-4-6-15/h2-8,13,16H,9-12,14H2,1H3. The van der Waals surface area contributed by atoms with Crippen LogP contribution < -0.4 is 4.74 Å². The highest BCUT2D eigenvalue weighted by atomic mass is 35.5. The zero-order valence-corrected chi connectivity index (χ0v) is 15.6. The van der Waals surface area contributed by atoms with Gasteiger partial charge in [-0.3, -0.25) is 4.90 Å². The minimum atomic E-state index is 0.419. The van der Waals surface area contributed by atoms with Gasteiger partial charge in [-0.05, 0) is 49.7 Å². The summed E-state index contributed by atoms with van der Waals surface area (Å²) < 4.78 is 5.32. The first kappa shape index (κ1) is 17.3. The van der Waals surface area contributed by atoms with E-state index in [9.17, 15) is 0 Å². The summed E-state index contributed by atoms with van der Waals surface area (Å²) in [5.74, 6) is 1.21. The van der Waals surface area contributed by atoms with Gasteiger partial charge in [0.2, 0.25) is 0 Å². The van der Waals surface area contributed by atoms with Gasteiger partial charge in [-0.1, -0.05) is 41.9 Å². The van der Waals surface area contributed by atoms with Crippen LogP contribution in [-0.2, 0) is 6.54 Å². The highest BCUT2D eigenvalue weighted by Gasteiger charge is 2.24. The third kappa shape index (κ3) is 3.53. The van der Waals surface area contributed by atoms with Gasteiger partial charge in [0.05, 0.1) is 12.8 Å². The maximum atomic E-state index is 6.27. The SMILES string of the molecule is COc1ccc2c(C3CCN(Cc4ccccc4)CC3)nnc(Cl)c2c1. The molecule has 0 N–H and O–H groups in total. The molecule has 26 heavy (non-hydrogen) atoms. The van der Waals surface area contributed by atoms with Crippen LogP contribution in [0.4, 0.5) is 0 Å². The number of nitrogens with zero attached hydrogens (tertiary/aromatic N) is 3. The van der Waals surface area contributed by atoms with Gasteiger partial charge < -0.3 is 4.74 Å². The lowest BCUT2D eigenvalue weighted by Gasteiger charge is -2.32. The van der Waals surface area contributed by atoms with Crippen molar-refractivity contribution in [3.63, 3.8) is 0 Å². The van der Waals surface area contributed by atoms with Crippen molar-refractivity contribution >= 4 is 22.4 Å². The first-order chi connectivity index (χ1) is 12.7. The molecule has 3 aromatic rings. The van der Waals surface area contributed by atoms with Gasteiger partial charge in [-0.15, -0.1) is 5.10 Å². The smallest absolute Gasteiger partial charge is 0.159 e. The Morgan fingerprint density at radius 2 is 1.81 bits per heavy atom. The van der Waals surface area contributed by atoms with E-state index in [-0.39, 0.29) is 0 Å². The Morgan fingerprint density at radius 3 is 2.54 bits per heavy atom. The third-order valence-corrected chi connectivity index (χ3v) is 5.47.